The fourth-order valence-electron chi connectivity index (χ4n) is 5.19. The first-order valence-electron chi connectivity index (χ1n) is 15.7. The van der Waals surface area contributed by atoms with E-state index in [0.29, 0.717) is 32.8 Å². The van der Waals surface area contributed by atoms with E-state index in [4.69, 9.17) is 23.0 Å². The van der Waals surface area contributed by atoms with Crippen molar-refractivity contribution in [3.8, 4) is 0 Å². The van der Waals surface area contributed by atoms with Crippen LogP contribution in [-0.2, 0) is 29.6 Å². The van der Waals surface area contributed by atoms with E-state index >= 15 is 0 Å². The van der Waals surface area contributed by atoms with Crippen LogP contribution in [0, 0.1) is 5.82 Å². The molecule has 236 valence electrons. The monoisotopic (exact) mass is 668 g/mol. The van der Waals surface area contributed by atoms with Gasteiger partial charge >= 0.3 is 194 Å². The first kappa shape index (κ1) is 34.8. The Hall–Kier alpha value is -0.641. The number of rotatable bonds is 22. The topological polar surface area (TPSA) is 90.2 Å². The van der Waals surface area contributed by atoms with Crippen LogP contribution in [0.3, 0.4) is 0 Å². The molecule has 1 aromatic rings. The summed E-state index contributed by atoms with van der Waals surface area (Å²) in [6.45, 7) is 4.04. The molecule has 3 heterocycles. The maximum atomic E-state index is 14.2. The van der Waals surface area contributed by atoms with Crippen molar-refractivity contribution in [2.24, 2.45) is 0 Å². The fraction of sp³-hybridized carbons (Fsp3) is 0.862. The van der Waals surface area contributed by atoms with E-state index in [1.165, 1.54) is 83.5 Å². The van der Waals surface area contributed by atoms with Crippen LogP contribution in [0.5, 0.6) is 0 Å². The van der Waals surface area contributed by atoms with Crippen molar-refractivity contribution in [2.75, 3.05) is 33.0 Å². The Balaban J connectivity index is 1.21. The van der Waals surface area contributed by atoms with Crippen molar-refractivity contribution < 1.29 is 27.4 Å². The molecule has 0 bridgehead atoms. The molecule has 0 radical (unpaired) electrons. The van der Waals surface area contributed by atoms with Gasteiger partial charge in [-0.15, -0.1) is 0 Å². The Morgan fingerprint density at radius 2 is 1.61 bits per heavy atom. The number of unbranched alkanes of at least 4 members (excludes halogenated alkanes) is 13. The SMILES string of the molecule is CCCCCCCCCCCCCCCCOCC1COP(=[Se])(OCCn2c(=O)c(F)cn(C3CCCO3)c2=O)O1. The van der Waals surface area contributed by atoms with Crippen LogP contribution in [0.25, 0.3) is 0 Å². The molecule has 9 nitrogen and oxygen atoms in total. The summed E-state index contributed by atoms with van der Waals surface area (Å²) >= 11 is 2.85. The summed E-state index contributed by atoms with van der Waals surface area (Å²) in [6, 6.07) is 0. The second-order valence-corrected chi connectivity index (χ2v) is 15.5. The predicted octanol–water partition coefficient (Wildman–Crippen LogP) is 6.23. The zero-order valence-electron chi connectivity index (χ0n) is 24.8. The molecule has 2 aliphatic rings. The summed E-state index contributed by atoms with van der Waals surface area (Å²) in [6.07, 6.45) is 17.3. The molecule has 3 atom stereocenters. The second-order valence-electron chi connectivity index (χ2n) is 11.1. The Morgan fingerprint density at radius 3 is 2.22 bits per heavy atom. The molecule has 0 aromatic carbocycles. The van der Waals surface area contributed by atoms with Gasteiger partial charge in [0.1, 0.15) is 0 Å². The molecule has 2 saturated heterocycles. The number of ether oxygens (including phenoxy) is 2. The van der Waals surface area contributed by atoms with E-state index in [0.717, 1.165) is 28.2 Å². The van der Waals surface area contributed by atoms with E-state index in [-0.39, 0.29) is 19.3 Å². The molecular formula is C29H50FN2O7PSe. The first-order valence-corrected chi connectivity index (χ1v) is 19.5. The van der Waals surface area contributed by atoms with E-state index in [1.54, 1.807) is 0 Å². The third-order valence-corrected chi connectivity index (χ3v) is 11.0. The molecular weight excluding hydrogens is 617 g/mol. The second kappa shape index (κ2) is 19.6. The number of hydrogen-bond acceptors (Lipinski definition) is 7. The molecule has 1 aromatic heterocycles. The molecule has 0 amide bonds. The van der Waals surface area contributed by atoms with Crippen molar-refractivity contribution in [3.05, 3.63) is 32.9 Å². The van der Waals surface area contributed by atoms with Crippen LogP contribution < -0.4 is 11.2 Å². The van der Waals surface area contributed by atoms with E-state index in [1.807, 2.05) is 0 Å². The van der Waals surface area contributed by atoms with Gasteiger partial charge in [0.05, 0.1) is 0 Å². The number of hydrogen-bond donors (Lipinski definition) is 0. The van der Waals surface area contributed by atoms with E-state index in [2.05, 4.69) is 22.0 Å². The van der Waals surface area contributed by atoms with Crippen LogP contribution in [-0.4, -0.2) is 63.4 Å². The van der Waals surface area contributed by atoms with Crippen LogP contribution in [0.1, 0.15) is 116 Å². The molecule has 2 aliphatic heterocycles. The van der Waals surface area contributed by atoms with Crippen molar-refractivity contribution in [1.82, 2.24) is 9.13 Å². The normalized spacial score (nSPS) is 22.6. The molecule has 0 N–H and O–H groups in total. The van der Waals surface area contributed by atoms with Gasteiger partial charge in [-0.3, -0.25) is 0 Å². The Kier molecular flexibility index (Phi) is 16.7. The number of aromatic nitrogens is 2. The van der Waals surface area contributed by atoms with E-state index in [9.17, 15) is 14.0 Å². The van der Waals surface area contributed by atoms with Crippen molar-refractivity contribution in [2.45, 2.75) is 129 Å². The van der Waals surface area contributed by atoms with Crippen molar-refractivity contribution >= 4 is 21.3 Å². The summed E-state index contributed by atoms with van der Waals surface area (Å²) in [5.74, 6) is -1.00. The number of nitrogens with zero attached hydrogens (tertiary/aromatic N) is 2. The molecule has 2 fully saturated rings. The summed E-state index contributed by atoms with van der Waals surface area (Å²) in [5, 5.41) is 0. The van der Waals surface area contributed by atoms with Gasteiger partial charge in [-0.25, -0.2) is 0 Å². The molecule has 12 heteroatoms. The zero-order valence-corrected chi connectivity index (χ0v) is 27.4. The molecule has 3 rings (SSSR count). The van der Waals surface area contributed by atoms with Crippen LogP contribution in [0.15, 0.2) is 15.8 Å². The average molecular weight is 668 g/mol. The quantitative estimate of drug-likeness (QED) is 0.0823. The third kappa shape index (κ3) is 12.5. The summed E-state index contributed by atoms with van der Waals surface area (Å²) < 4.78 is 44.9. The van der Waals surface area contributed by atoms with Crippen LogP contribution in [0.4, 0.5) is 4.39 Å². The van der Waals surface area contributed by atoms with Crippen molar-refractivity contribution in [1.29, 1.82) is 0 Å². The Labute approximate surface area is 251 Å². The summed E-state index contributed by atoms with van der Waals surface area (Å²) in [4.78, 5) is 25.0. The van der Waals surface area contributed by atoms with Gasteiger partial charge in [0.2, 0.25) is 0 Å². The predicted molar refractivity (Wildman–Crippen MR) is 160 cm³/mol. The number of halogens is 1. The molecule has 0 spiro atoms. The van der Waals surface area contributed by atoms with Gasteiger partial charge in [0.25, 0.3) is 0 Å². The van der Waals surface area contributed by atoms with Gasteiger partial charge < -0.3 is 0 Å². The Bertz CT molecular complexity index is 1050. The van der Waals surface area contributed by atoms with Crippen LogP contribution >= 0.6 is 6.19 Å². The van der Waals surface area contributed by atoms with Gasteiger partial charge in [-0.2, -0.15) is 0 Å². The summed E-state index contributed by atoms with van der Waals surface area (Å²) in [7, 11) is 0. The van der Waals surface area contributed by atoms with Crippen molar-refractivity contribution in [3.63, 3.8) is 0 Å². The standard InChI is InChI=1S/C29H50FN2O7PSe/c1-2-3-4-5-6-7-8-9-10-11-12-13-14-15-19-35-23-25-24-38-40(41,39-25)37-21-18-31-28(33)26(30)22-32(29(31)34)27-17-16-20-36-27/h22,25,27H,2-21,23-24H2,1H3. The molecule has 0 saturated carbocycles. The zero-order chi connectivity index (χ0) is 29.3. The van der Waals surface area contributed by atoms with Gasteiger partial charge in [0, 0.05) is 0 Å². The minimum atomic E-state index is -2.73. The first-order chi connectivity index (χ1) is 19.9. The Morgan fingerprint density at radius 1 is 0.976 bits per heavy atom. The molecule has 41 heavy (non-hydrogen) atoms. The maximum absolute atomic E-state index is 14.2. The molecule has 0 aliphatic carbocycles. The van der Waals surface area contributed by atoms with Gasteiger partial charge in [0.15, 0.2) is 0 Å². The fourth-order valence-corrected chi connectivity index (χ4v) is 8.15. The van der Waals surface area contributed by atoms with E-state index < -0.39 is 29.5 Å². The van der Waals surface area contributed by atoms with Gasteiger partial charge in [-0.1, -0.05) is 58.3 Å². The van der Waals surface area contributed by atoms with Crippen LogP contribution in [0.2, 0.25) is 0 Å². The summed E-state index contributed by atoms with van der Waals surface area (Å²) in [5.41, 5.74) is -1.61. The minimum absolute atomic E-state index is 0.0441. The average Bonchev–Trinajstić information content (AvgIpc) is 3.63. The van der Waals surface area contributed by atoms with Gasteiger partial charge in [-0.05, 0) is 0 Å². The third-order valence-electron chi connectivity index (χ3n) is 7.58. The molecule has 3 unspecified atom stereocenters.